The van der Waals surface area contributed by atoms with Gasteiger partial charge in [-0.05, 0) is 36.0 Å². The van der Waals surface area contributed by atoms with Crippen LogP contribution in [-0.4, -0.2) is 34.1 Å². The van der Waals surface area contributed by atoms with Gasteiger partial charge in [0.15, 0.2) is 0 Å². The van der Waals surface area contributed by atoms with E-state index in [-0.39, 0.29) is 5.92 Å². The fourth-order valence-electron chi connectivity index (χ4n) is 3.85. The number of aromatic nitrogens is 2. The number of nitrogens with one attached hydrogen (secondary N) is 1. The summed E-state index contributed by atoms with van der Waals surface area (Å²) < 4.78 is 0. The molecule has 4 nitrogen and oxygen atoms in total. The van der Waals surface area contributed by atoms with Crippen molar-refractivity contribution in [3.05, 3.63) is 48.3 Å². The molecule has 1 aromatic carbocycles. The molecule has 0 radical (unpaired) electrons. The molecule has 0 atom stereocenters. The molecule has 0 saturated heterocycles. The van der Waals surface area contributed by atoms with Crippen LogP contribution in [0, 0.1) is 5.92 Å². The number of H-pyrrole nitrogens is 1. The smallest absolute Gasteiger partial charge is 0.225 e. The molecule has 0 unspecified atom stereocenters. The first-order valence-electron chi connectivity index (χ1n) is 8.89. The molecule has 1 aliphatic heterocycles. The molecule has 0 spiro atoms. The van der Waals surface area contributed by atoms with Crippen molar-refractivity contribution >= 4 is 11.5 Å². The number of amides is 1. The highest BCUT2D eigenvalue weighted by atomic mass is 16.2. The van der Waals surface area contributed by atoms with Gasteiger partial charge >= 0.3 is 0 Å². The van der Waals surface area contributed by atoms with E-state index in [1.165, 1.54) is 29.5 Å². The van der Waals surface area contributed by atoms with Crippen molar-refractivity contribution in [2.45, 2.75) is 32.1 Å². The number of nitrogens with zero attached hydrogens (tertiary/aromatic N) is 2. The molecule has 1 aliphatic carbocycles. The Kier molecular flexibility index (Phi) is 4.20. The van der Waals surface area contributed by atoms with E-state index in [2.05, 4.69) is 40.5 Å². The van der Waals surface area contributed by atoms with E-state index in [0.717, 1.165) is 37.9 Å². The molecule has 1 saturated carbocycles. The van der Waals surface area contributed by atoms with Crippen LogP contribution in [0.3, 0.4) is 0 Å². The van der Waals surface area contributed by atoms with E-state index >= 15 is 0 Å². The molecule has 1 N–H and O–H groups in total. The fourth-order valence-corrected chi connectivity index (χ4v) is 3.85. The molecule has 1 aromatic heterocycles. The second-order valence-corrected chi connectivity index (χ2v) is 6.81. The zero-order valence-electron chi connectivity index (χ0n) is 13.9. The highest BCUT2D eigenvalue weighted by Gasteiger charge is 2.28. The van der Waals surface area contributed by atoms with Gasteiger partial charge in [-0.2, -0.15) is 5.10 Å². The van der Waals surface area contributed by atoms with Gasteiger partial charge in [0.25, 0.3) is 0 Å². The Balaban J connectivity index is 1.43. The van der Waals surface area contributed by atoms with Gasteiger partial charge in [0.05, 0.1) is 6.20 Å². The maximum Gasteiger partial charge on any atom is 0.225 e. The first-order valence-corrected chi connectivity index (χ1v) is 8.89. The van der Waals surface area contributed by atoms with Crippen molar-refractivity contribution < 1.29 is 4.79 Å². The van der Waals surface area contributed by atoms with Crippen molar-refractivity contribution in [3.8, 4) is 11.1 Å². The van der Waals surface area contributed by atoms with Crippen molar-refractivity contribution in [2.24, 2.45) is 5.92 Å². The zero-order valence-corrected chi connectivity index (χ0v) is 13.9. The summed E-state index contributed by atoms with van der Waals surface area (Å²) in [5.41, 5.74) is 4.88. The number of hydrogen-bond acceptors (Lipinski definition) is 2. The molecule has 124 valence electrons. The third-order valence-electron chi connectivity index (χ3n) is 5.31. The predicted octanol–water partition coefficient (Wildman–Crippen LogP) is 3.88. The second kappa shape index (κ2) is 6.63. The van der Waals surface area contributed by atoms with Crippen molar-refractivity contribution in [2.75, 3.05) is 13.1 Å². The van der Waals surface area contributed by atoms with E-state index in [4.69, 9.17) is 0 Å². The third kappa shape index (κ3) is 3.01. The quantitative estimate of drug-likeness (QED) is 0.932. The summed E-state index contributed by atoms with van der Waals surface area (Å²) in [6, 6.07) is 8.61. The van der Waals surface area contributed by atoms with Crippen molar-refractivity contribution in [3.63, 3.8) is 0 Å². The molecule has 4 heteroatoms. The van der Waals surface area contributed by atoms with Crippen LogP contribution in [0.2, 0.25) is 0 Å². The number of hydrogen-bond donors (Lipinski definition) is 1. The standard InChI is InChI=1S/C20H23N3O/c24-20(18-3-1-2-4-18)23-11-9-17(10-12-23)15-5-7-16(8-6-15)19-13-21-22-14-19/h5-9,13-14,18H,1-4,10-12H2,(H,21,22). The molecule has 2 aliphatic rings. The zero-order chi connectivity index (χ0) is 16.4. The van der Waals surface area contributed by atoms with E-state index in [0.29, 0.717) is 5.91 Å². The van der Waals surface area contributed by atoms with Crippen LogP contribution in [0.25, 0.3) is 16.7 Å². The summed E-state index contributed by atoms with van der Waals surface area (Å²) in [6.07, 6.45) is 11.5. The maximum absolute atomic E-state index is 12.5. The molecule has 4 rings (SSSR count). The minimum atomic E-state index is 0.286. The molecule has 24 heavy (non-hydrogen) atoms. The maximum atomic E-state index is 12.5. The van der Waals surface area contributed by atoms with Crippen LogP contribution in [0.4, 0.5) is 0 Å². The van der Waals surface area contributed by atoms with Gasteiger partial charge in [-0.1, -0.05) is 43.2 Å². The van der Waals surface area contributed by atoms with E-state index in [9.17, 15) is 4.79 Å². The summed E-state index contributed by atoms with van der Waals surface area (Å²) >= 11 is 0. The summed E-state index contributed by atoms with van der Waals surface area (Å²) in [7, 11) is 0. The first-order chi connectivity index (χ1) is 11.8. The van der Waals surface area contributed by atoms with Crippen LogP contribution in [-0.2, 0) is 4.79 Å². The summed E-state index contributed by atoms with van der Waals surface area (Å²) in [5, 5.41) is 6.84. The molecule has 2 heterocycles. The second-order valence-electron chi connectivity index (χ2n) is 6.81. The Morgan fingerprint density at radius 3 is 2.46 bits per heavy atom. The van der Waals surface area contributed by atoms with Gasteiger partial charge in [0.1, 0.15) is 0 Å². The molecule has 1 fully saturated rings. The Bertz CT molecular complexity index is 725. The van der Waals surface area contributed by atoms with Gasteiger partial charge in [-0.3, -0.25) is 9.89 Å². The van der Waals surface area contributed by atoms with Crippen LogP contribution in [0.15, 0.2) is 42.7 Å². The monoisotopic (exact) mass is 321 g/mol. The lowest BCUT2D eigenvalue weighted by molar-refractivity contribution is -0.134. The number of rotatable bonds is 3. The lowest BCUT2D eigenvalue weighted by Crippen LogP contribution is -2.38. The van der Waals surface area contributed by atoms with E-state index in [1.54, 1.807) is 0 Å². The normalized spacial score (nSPS) is 18.7. The SMILES string of the molecule is O=C(C1CCCC1)N1CC=C(c2ccc(-c3cn[nH]c3)cc2)CC1. The third-order valence-corrected chi connectivity index (χ3v) is 5.31. The molecular weight excluding hydrogens is 298 g/mol. The van der Waals surface area contributed by atoms with Gasteiger partial charge in [0.2, 0.25) is 5.91 Å². The van der Waals surface area contributed by atoms with E-state index < -0.39 is 0 Å². The van der Waals surface area contributed by atoms with Crippen LogP contribution < -0.4 is 0 Å². The number of carbonyl (C=O) groups is 1. The Labute approximate surface area is 142 Å². The summed E-state index contributed by atoms with van der Waals surface area (Å²) in [4.78, 5) is 14.5. The topological polar surface area (TPSA) is 49.0 Å². The average Bonchev–Trinajstić information content (AvgIpc) is 3.35. The van der Waals surface area contributed by atoms with Crippen LogP contribution in [0.1, 0.15) is 37.7 Å². The summed E-state index contributed by atoms with van der Waals surface area (Å²) in [5.74, 6) is 0.660. The average molecular weight is 321 g/mol. The lowest BCUT2D eigenvalue weighted by atomic mass is 9.96. The minimum absolute atomic E-state index is 0.286. The van der Waals surface area contributed by atoms with Crippen LogP contribution >= 0.6 is 0 Å². The largest absolute Gasteiger partial charge is 0.338 e. The summed E-state index contributed by atoms with van der Waals surface area (Å²) in [6.45, 7) is 1.61. The molecule has 1 amide bonds. The molecule has 2 aromatic rings. The first kappa shape index (κ1) is 15.2. The lowest BCUT2D eigenvalue weighted by Gasteiger charge is -2.29. The van der Waals surface area contributed by atoms with Crippen molar-refractivity contribution in [1.82, 2.24) is 15.1 Å². The predicted molar refractivity (Wildman–Crippen MR) is 95.2 cm³/mol. The fraction of sp³-hybridized carbons (Fsp3) is 0.400. The highest BCUT2D eigenvalue weighted by Crippen LogP contribution is 2.29. The number of benzene rings is 1. The van der Waals surface area contributed by atoms with Crippen LogP contribution in [0.5, 0.6) is 0 Å². The Morgan fingerprint density at radius 1 is 1.08 bits per heavy atom. The molecule has 0 bridgehead atoms. The van der Waals surface area contributed by atoms with E-state index in [1.807, 2.05) is 17.3 Å². The van der Waals surface area contributed by atoms with Gasteiger partial charge < -0.3 is 4.90 Å². The van der Waals surface area contributed by atoms with Crippen molar-refractivity contribution in [1.29, 1.82) is 0 Å². The number of aromatic amines is 1. The highest BCUT2D eigenvalue weighted by molar-refractivity contribution is 5.81. The molecular formula is C20H23N3O. The van der Waals surface area contributed by atoms with Gasteiger partial charge in [0, 0.05) is 30.8 Å². The van der Waals surface area contributed by atoms with Gasteiger partial charge in [-0.25, -0.2) is 0 Å². The van der Waals surface area contributed by atoms with Gasteiger partial charge in [-0.15, -0.1) is 0 Å². The number of carbonyl (C=O) groups excluding carboxylic acids is 1. The Hall–Kier alpha value is -2.36. The minimum Gasteiger partial charge on any atom is -0.338 e. The Morgan fingerprint density at radius 2 is 1.83 bits per heavy atom.